The summed E-state index contributed by atoms with van der Waals surface area (Å²) in [6.45, 7) is 6.91. The Bertz CT molecular complexity index is 1260. The Kier molecular flexibility index (Phi) is 6.04. The highest BCUT2D eigenvalue weighted by atomic mass is 19.1. The molecule has 0 saturated heterocycles. The van der Waals surface area contributed by atoms with E-state index >= 15 is 4.39 Å². The number of benzene rings is 1. The number of fused-ring (bicyclic) bond motifs is 3. The summed E-state index contributed by atoms with van der Waals surface area (Å²) in [6.07, 6.45) is -0.528. The number of nitrogens with zero attached hydrogens (tertiary/aromatic N) is 1. The van der Waals surface area contributed by atoms with Crippen LogP contribution in [-0.2, 0) is 27.3 Å². The molecule has 6 N–H and O–H groups in total. The van der Waals surface area contributed by atoms with E-state index in [0.717, 1.165) is 0 Å². The van der Waals surface area contributed by atoms with Crippen LogP contribution in [0.4, 0.5) is 4.39 Å². The molecule has 0 bridgehead atoms. The summed E-state index contributed by atoms with van der Waals surface area (Å²) < 4.78 is 15.3. The number of hydrogen-bond acceptors (Lipinski definition) is 8. The minimum absolute atomic E-state index is 0.0268. The molecule has 3 atom stereocenters. The summed E-state index contributed by atoms with van der Waals surface area (Å²) in [4.78, 5) is 39.5. The minimum atomic E-state index is -2.64. The van der Waals surface area contributed by atoms with Crippen molar-refractivity contribution in [3.8, 4) is 5.75 Å². The van der Waals surface area contributed by atoms with Crippen molar-refractivity contribution in [1.82, 2.24) is 4.90 Å². The van der Waals surface area contributed by atoms with E-state index in [4.69, 9.17) is 5.73 Å². The van der Waals surface area contributed by atoms with Gasteiger partial charge in [-0.1, -0.05) is 20.8 Å². The van der Waals surface area contributed by atoms with Gasteiger partial charge in [-0.05, 0) is 37.3 Å². The number of rotatable bonds is 4. The normalized spacial score (nSPS) is 26.2. The van der Waals surface area contributed by atoms with Crippen molar-refractivity contribution in [2.24, 2.45) is 23.0 Å². The number of phenolic OH excluding ortho intramolecular Hbond substituents is 1. The molecule has 1 unspecified atom stereocenters. The summed E-state index contributed by atoms with van der Waals surface area (Å²) in [7, 11) is 1.81. The Morgan fingerprint density at radius 1 is 1.22 bits per heavy atom. The lowest BCUT2D eigenvalue weighted by atomic mass is 9.59. The number of aliphatic hydroxyl groups excluding tert-OH is 2. The average molecular weight is 503 g/mol. The number of carbonyl (C=O) groups excluding carboxylic acids is 3. The van der Waals surface area contributed by atoms with Crippen LogP contribution in [0.5, 0.6) is 5.75 Å². The first-order valence-electron chi connectivity index (χ1n) is 11.8. The molecule has 3 aliphatic rings. The third-order valence-electron chi connectivity index (χ3n) is 7.27. The zero-order chi connectivity index (χ0) is 26.9. The van der Waals surface area contributed by atoms with Crippen LogP contribution < -0.4 is 5.73 Å². The van der Waals surface area contributed by atoms with Crippen LogP contribution in [0.1, 0.15) is 50.3 Å². The average Bonchev–Trinajstić information content (AvgIpc) is 2.72. The van der Waals surface area contributed by atoms with Crippen LogP contribution in [0.25, 0.3) is 5.76 Å². The Morgan fingerprint density at radius 3 is 2.44 bits per heavy atom. The topological polar surface area (TPSA) is 161 Å². The highest BCUT2D eigenvalue weighted by Crippen LogP contribution is 2.52. The van der Waals surface area contributed by atoms with Gasteiger partial charge in [-0.15, -0.1) is 0 Å². The van der Waals surface area contributed by atoms with Gasteiger partial charge in [0.25, 0.3) is 5.91 Å². The maximum Gasteiger partial charge on any atom is 0.255 e. The van der Waals surface area contributed by atoms with Gasteiger partial charge in [0.05, 0.1) is 5.56 Å². The number of hydrogen-bond donors (Lipinski definition) is 5. The Morgan fingerprint density at radius 2 is 1.86 bits per heavy atom. The lowest BCUT2D eigenvalue weighted by molar-refractivity contribution is -0.147. The molecule has 194 valence electrons. The van der Waals surface area contributed by atoms with Crippen molar-refractivity contribution in [3.05, 3.63) is 45.5 Å². The molecular formula is C26H31FN2O7. The number of ketones is 2. The van der Waals surface area contributed by atoms with Crippen molar-refractivity contribution in [3.63, 3.8) is 0 Å². The van der Waals surface area contributed by atoms with E-state index in [1.807, 2.05) is 32.7 Å². The van der Waals surface area contributed by atoms with Crippen molar-refractivity contribution in [2.45, 2.75) is 52.2 Å². The van der Waals surface area contributed by atoms with E-state index in [9.17, 15) is 34.8 Å². The number of Topliss-reactive ketones (excluding diaryl/α,β-unsaturated/α-hetero) is 2. The fourth-order valence-electron chi connectivity index (χ4n) is 5.97. The van der Waals surface area contributed by atoms with Gasteiger partial charge < -0.3 is 31.1 Å². The second-order valence-electron chi connectivity index (χ2n) is 11.4. The molecule has 1 aromatic rings. The largest absolute Gasteiger partial charge is 0.508 e. The quantitative estimate of drug-likeness (QED) is 0.391. The third kappa shape index (κ3) is 3.88. The van der Waals surface area contributed by atoms with Crippen LogP contribution in [0, 0.1) is 23.1 Å². The summed E-state index contributed by atoms with van der Waals surface area (Å²) in [6, 6.07) is 1.21. The van der Waals surface area contributed by atoms with Gasteiger partial charge in [0.1, 0.15) is 28.7 Å². The van der Waals surface area contributed by atoms with Gasteiger partial charge in [0.2, 0.25) is 5.78 Å². The number of phenols is 1. The predicted molar refractivity (Wildman–Crippen MR) is 127 cm³/mol. The fourth-order valence-corrected chi connectivity index (χ4v) is 5.97. The van der Waals surface area contributed by atoms with Gasteiger partial charge in [0, 0.05) is 42.1 Å². The zero-order valence-corrected chi connectivity index (χ0v) is 20.7. The molecule has 1 fully saturated rings. The van der Waals surface area contributed by atoms with Crippen molar-refractivity contribution >= 4 is 23.2 Å². The summed E-state index contributed by atoms with van der Waals surface area (Å²) in [5, 5.41) is 44.1. The van der Waals surface area contributed by atoms with Crippen LogP contribution in [0.15, 0.2) is 23.0 Å². The van der Waals surface area contributed by atoms with Crippen molar-refractivity contribution in [1.29, 1.82) is 0 Å². The molecule has 1 aromatic carbocycles. The van der Waals surface area contributed by atoms with Crippen molar-refractivity contribution in [2.75, 3.05) is 13.6 Å². The molecule has 0 heterocycles. The number of carbonyl (C=O) groups is 3. The molecular weight excluding hydrogens is 471 g/mol. The second-order valence-corrected chi connectivity index (χ2v) is 11.4. The first kappa shape index (κ1) is 25.8. The Hall–Kier alpha value is -3.24. The fraction of sp³-hybridized carbons (Fsp3) is 0.500. The second kappa shape index (κ2) is 8.41. The first-order chi connectivity index (χ1) is 16.6. The zero-order valence-electron chi connectivity index (χ0n) is 20.7. The van der Waals surface area contributed by atoms with E-state index in [-0.39, 0.29) is 52.8 Å². The van der Waals surface area contributed by atoms with Gasteiger partial charge in [-0.25, -0.2) is 4.39 Å². The highest BCUT2D eigenvalue weighted by Gasteiger charge is 2.60. The summed E-state index contributed by atoms with van der Waals surface area (Å²) in [5.41, 5.74) is 1.35. The van der Waals surface area contributed by atoms with Gasteiger partial charge >= 0.3 is 0 Å². The van der Waals surface area contributed by atoms with Crippen LogP contribution in [0.2, 0.25) is 0 Å². The SMILES string of the molecule is CN(Cc1cc(F)c2c(c1O)C(O)=C1C(=O)[C@]3(O)C(O)=C(C(N)=O)C(=O)C[C@@H]3CC1C2)CC(C)(C)C. The molecule has 3 aliphatic carbocycles. The Balaban J connectivity index is 1.83. The standard InChI is InChI=1S/C26H31FN2O7/c1-25(2,3)10-29(4)9-12-7-15(27)14-6-11-5-13-8-16(30)19(24(28)35)23(34)26(13,36)22(33)17(11)21(32)18(14)20(12)31/h7,11,13,31-32,34,36H,5-6,8-10H2,1-4H3,(H2,28,35)/t11?,13-,26-/m0/s1. The summed E-state index contributed by atoms with van der Waals surface area (Å²) in [5.74, 6) is -7.92. The van der Waals surface area contributed by atoms with E-state index in [2.05, 4.69) is 0 Å². The molecule has 0 spiro atoms. The number of halogens is 1. The van der Waals surface area contributed by atoms with Crippen LogP contribution >= 0.6 is 0 Å². The molecule has 0 aromatic heterocycles. The molecule has 10 heteroatoms. The van der Waals surface area contributed by atoms with E-state index in [0.29, 0.717) is 6.54 Å². The van der Waals surface area contributed by atoms with E-state index < -0.39 is 64.2 Å². The van der Waals surface area contributed by atoms with Gasteiger partial charge in [0.15, 0.2) is 11.4 Å². The Labute approximate surface area is 207 Å². The molecule has 4 rings (SSSR count). The number of amides is 1. The van der Waals surface area contributed by atoms with Crippen molar-refractivity contribution < 1.29 is 39.2 Å². The lowest BCUT2D eigenvalue weighted by Crippen LogP contribution is -2.58. The molecule has 1 amide bonds. The van der Waals surface area contributed by atoms with Crippen LogP contribution in [0.3, 0.4) is 0 Å². The smallest absolute Gasteiger partial charge is 0.255 e. The number of aromatic hydroxyl groups is 1. The monoisotopic (exact) mass is 502 g/mol. The molecule has 9 nitrogen and oxygen atoms in total. The third-order valence-corrected chi connectivity index (χ3v) is 7.27. The summed E-state index contributed by atoms with van der Waals surface area (Å²) >= 11 is 0. The number of nitrogens with two attached hydrogens (primary N) is 1. The van der Waals surface area contributed by atoms with E-state index in [1.54, 1.807) is 0 Å². The minimum Gasteiger partial charge on any atom is -0.508 e. The number of aliphatic hydroxyl groups is 3. The molecule has 0 radical (unpaired) electrons. The predicted octanol–water partition coefficient (Wildman–Crippen LogP) is 2.04. The van der Waals surface area contributed by atoms with Crippen LogP contribution in [-0.4, -0.2) is 62.0 Å². The first-order valence-corrected chi connectivity index (χ1v) is 11.8. The van der Waals surface area contributed by atoms with Gasteiger partial charge in [-0.3, -0.25) is 14.4 Å². The maximum absolute atomic E-state index is 15.3. The molecule has 0 aliphatic heterocycles. The molecule has 36 heavy (non-hydrogen) atoms. The highest BCUT2D eigenvalue weighted by molar-refractivity contribution is 6.22. The van der Waals surface area contributed by atoms with Gasteiger partial charge in [-0.2, -0.15) is 0 Å². The maximum atomic E-state index is 15.3. The van der Waals surface area contributed by atoms with E-state index in [1.165, 1.54) is 6.07 Å². The lowest BCUT2D eigenvalue weighted by Gasteiger charge is -2.46. The molecule has 1 saturated carbocycles. The number of primary amides is 1.